The van der Waals surface area contributed by atoms with Gasteiger partial charge in [-0.05, 0) is 30.7 Å². The maximum Gasteiger partial charge on any atom is 0.265 e. The van der Waals surface area contributed by atoms with Crippen LogP contribution in [0.4, 0.5) is 20.2 Å². The zero-order chi connectivity index (χ0) is 20.6. The highest BCUT2D eigenvalue weighted by Gasteiger charge is 2.25. The minimum absolute atomic E-state index is 0.103. The van der Waals surface area contributed by atoms with Crippen LogP contribution in [0.1, 0.15) is 24.5 Å². The zero-order valence-electron chi connectivity index (χ0n) is 15.4. The molecular formula is C18H18F2N6O2S. The first-order valence-electron chi connectivity index (χ1n) is 8.84. The Labute approximate surface area is 166 Å². The molecule has 152 valence electrons. The first kappa shape index (κ1) is 19.3. The van der Waals surface area contributed by atoms with E-state index in [1.165, 1.54) is 18.5 Å². The van der Waals surface area contributed by atoms with Gasteiger partial charge in [0.25, 0.3) is 16.4 Å². The standard InChI is InChI=1S/C18H18F2N6O2S/c1-2-25-17-13(9-22-25)4-3-5-15(17)24-29(27,28)14-10-23-26(11-14)16-8-12(18(19)20)6-7-21-16/h3-8,10-11,18,22,24H,2,9H2,1H3. The van der Waals surface area contributed by atoms with E-state index >= 15 is 0 Å². The molecule has 0 aliphatic carbocycles. The second-order valence-electron chi connectivity index (χ2n) is 6.37. The molecule has 11 heteroatoms. The van der Waals surface area contributed by atoms with Crippen LogP contribution in [-0.4, -0.2) is 29.7 Å². The lowest BCUT2D eigenvalue weighted by Crippen LogP contribution is -2.32. The summed E-state index contributed by atoms with van der Waals surface area (Å²) in [6, 6.07) is 7.75. The van der Waals surface area contributed by atoms with Crippen molar-refractivity contribution < 1.29 is 17.2 Å². The van der Waals surface area contributed by atoms with Gasteiger partial charge in [0.05, 0.1) is 23.8 Å². The van der Waals surface area contributed by atoms with E-state index in [1.54, 1.807) is 12.1 Å². The summed E-state index contributed by atoms with van der Waals surface area (Å²) in [5, 5.41) is 5.84. The molecule has 3 heterocycles. The van der Waals surface area contributed by atoms with E-state index in [9.17, 15) is 17.2 Å². The number of nitrogens with zero attached hydrogens (tertiary/aromatic N) is 4. The number of hydrogen-bond acceptors (Lipinski definition) is 6. The van der Waals surface area contributed by atoms with Crippen LogP contribution in [0.15, 0.2) is 53.8 Å². The quantitative estimate of drug-likeness (QED) is 0.637. The summed E-state index contributed by atoms with van der Waals surface area (Å²) in [6.45, 7) is 3.23. The highest BCUT2D eigenvalue weighted by Crippen LogP contribution is 2.34. The number of fused-ring (bicyclic) bond motifs is 1. The van der Waals surface area contributed by atoms with E-state index in [1.807, 2.05) is 18.0 Å². The second kappa shape index (κ2) is 7.41. The third kappa shape index (κ3) is 3.66. The van der Waals surface area contributed by atoms with Crippen molar-refractivity contribution >= 4 is 21.4 Å². The van der Waals surface area contributed by atoms with Crippen molar-refractivity contribution in [1.29, 1.82) is 0 Å². The number of anilines is 2. The van der Waals surface area contributed by atoms with E-state index < -0.39 is 16.4 Å². The van der Waals surface area contributed by atoms with Crippen LogP contribution in [0.3, 0.4) is 0 Å². The summed E-state index contributed by atoms with van der Waals surface area (Å²) in [7, 11) is -3.94. The van der Waals surface area contributed by atoms with Gasteiger partial charge in [-0.25, -0.2) is 32.3 Å². The number of nitrogens with one attached hydrogen (secondary N) is 2. The van der Waals surface area contributed by atoms with Crippen LogP contribution < -0.4 is 15.2 Å². The Kier molecular flexibility index (Phi) is 4.92. The predicted molar refractivity (Wildman–Crippen MR) is 103 cm³/mol. The highest BCUT2D eigenvalue weighted by atomic mass is 32.2. The molecule has 4 rings (SSSR count). The fraction of sp³-hybridized carbons (Fsp3) is 0.222. The molecule has 2 aromatic heterocycles. The lowest BCUT2D eigenvalue weighted by Gasteiger charge is -2.20. The number of benzene rings is 1. The second-order valence-corrected chi connectivity index (χ2v) is 8.05. The average molecular weight is 420 g/mol. The molecule has 0 atom stereocenters. The largest absolute Gasteiger partial charge is 0.306 e. The number of pyridine rings is 1. The summed E-state index contributed by atoms with van der Waals surface area (Å²) < 4.78 is 55.3. The molecule has 0 saturated heterocycles. The number of hydrazine groups is 1. The highest BCUT2D eigenvalue weighted by molar-refractivity contribution is 7.92. The minimum atomic E-state index is -3.94. The van der Waals surface area contributed by atoms with Gasteiger partial charge in [0, 0.05) is 24.8 Å². The Hall–Kier alpha value is -3.05. The Morgan fingerprint density at radius 1 is 1.31 bits per heavy atom. The van der Waals surface area contributed by atoms with E-state index in [2.05, 4.69) is 20.2 Å². The van der Waals surface area contributed by atoms with Crippen molar-refractivity contribution in [2.45, 2.75) is 24.8 Å². The first-order chi connectivity index (χ1) is 13.9. The summed E-state index contributed by atoms with van der Waals surface area (Å²) in [4.78, 5) is 3.87. The first-order valence-corrected chi connectivity index (χ1v) is 10.3. The van der Waals surface area contributed by atoms with Crippen molar-refractivity contribution in [2.75, 3.05) is 16.3 Å². The number of hydrogen-bond donors (Lipinski definition) is 2. The van der Waals surface area contributed by atoms with Gasteiger partial charge in [-0.1, -0.05) is 12.1 Å². The fourth-order valence-electron chi connectivity index (χ4n) is 3.13. The molecule has 0 unspecified atom stereocenters. The number of para-hydroxylation sites is 1. The molecule has 0 fully saturated rings. The molecule has 1 aliphatic heterocycles. The maximum atomic E-state index is 12.9. The summed E-state index contributed by atoms with van der Waals surface area (Å²) in [5.41, 5.74) is 5.17. The van der Waals surface area contributed by atoms with Gasteiger partial charge in [0.2, 0.25) is 0 Å². The van der Waals surface area contributed by atoms with Gasteiger partial charge in [0.1, 0.15) is 4.90 Å². The van der Waals surface area contributed by atoms with Crippen molar-refractivity contribution in [2.24, 2.45) is 0 Å². The summed E-state index contributed by atoms with van der Waals surface area (Å²) in [6.07, 6.45) is 0.953. The number of halogens is 2. The molecule has 0 amide bonds. The Morgan fingerprint density at radius 3 is 2.90 bits per heavy atom. The number of rotatable bonds is 6. The normalized spacial score (nSPS) is 13.7. The minimum Gasteiger partial charge on any atom is -0.306 e. The smallest absolute Gasteiger partial charge is 0.265 e. The van der Waals surface area contributed by atoms with E-state index in [0.29, 0.717) is 18.8 Å². The third-order valence-electron chi connectivity index (χ3n) is 4.54. The van der Waals surface area contributed by atoms with Gasteiger partial charge in [-0.15, -0.1) is 0 Å². The van der Waals surface area contributed by atoms with Crippen molar-refractivity contribution in [3.8, 4) is 5.82 Å². The molecule has 0 radical (unpaired) electrons. The predicted octanol–water partition coefficient (Wildman–Crippen LogP) is 2.85. The Morgan fingerprint density at radius 2 is 2.14 bits per heavy atom. The maximum absolute atomic E-state index is 12.9. The van der Waals surface area contributed by atoms with Crippen molar-refractivity contribution in [3.63, 3.8) is 0 Å². The number of sulfonamides is 1. The van der Waals surface area contributed by atoms with Crippen LogP contribution in [0, 0.1) is 0 Å². The molecule has 3 aromatic rings. The number of aromatic nitrogens is 3. The van der Waals surface area contributed by atoms with Crippen molar-refractivity contribution in [1.82, 2.24) is 20.2 Å². The zero-order valence-corrected chi connectivity index (χ0v) is 16.2. The lowest BCUT2D eigenvalue weighted by atomic mass is 10.1. The average Bonchev–Trinajstić information content (AvgIpc) is 3.36. The number of alkyl halides is 2. The molecule has 1 aliphatic rings. The van der Waals surface area contributed by atoms with E-state index in [4.69, 9.17) is 0 Å². The topological polar surface area (TPSA) is 92.1 Å². The van der Waals surface area contributed by atoms with Crippen LogP contribution in [-0.2, 0) is 16.6 Å². The molecule has 0 saturated carbocycles. The molecule has 1 aromatic carbocycles. The monoisotopic (exact) mass is 420 g/mol. The van der Waals surface area contributed by atoms with Gasteiger partial charge in [0.15, 0.2) is 5.82 Å². The van der Waals surface area contributed by atoms with Crippen LogP contribution in [0.2, 0.25) is 0 Å². The van der Waals surface area contributed by atoms with Crippen LogP contribution in [0.5, 0.6) is 0 Å². The molecule has 29 heavy (non-hydrogen) atoms. The van der Waals surface area contributed by atoms with Gasteiger partial charge in [-0.3, -0.25) is 4.72 Å². The van der Waals surface area contributed by atoms with Crippen LogP contribution in [0.25, 0.3) is 5.82 Å². The van der Waals surface area contributed by atoms with Gasteiger partial charge in [-0.2, -0.15) is 5.10 Å². The third-order valence-corrected chi connectivity index (χ3v) is 5.86. The van der Waals surface area contributed by atoms with Crippen molar-refractivity contribution in [3.05, 3.63) is 60.0 Å². The molecular weight excluding hydrogens is 402 g/mol. The SMILES string of the molecule is CCN1NCc2cccc(NS(=O)(=O)c3cnn(-c4cc(C(F)F)ccn4)c3)c21. The molecule has 0 bridgehead atoms. The Bertz CT molecular complexity index is 1150. The molecule has 2 N–H and O–H groups in total. The fourth-order valence-corrected chi connectivity index (χ4v) is 4.13. The van der Waals surface area contributed by atoms with E-state index in [0.717, 1.165) is 28.2 Å². The summed E-state index contributed by atoms with van der Waals surface area (Å²) in [5.74, 6) is 0.103. The Balaban J connectivity index is 1.64. The van der Waals surface area contributed by atoms with Gasteiger partial charge < -0.3 is 5.01 Å². The van der Waals surface area contributed by atoms with Crippen LogP contribution >= 0.6 is 0 Å². The lowest BCUT2D eigenvalue weighted by molar-refractivity contribution is 0.151. The van der Waals surface area contributed by atoms with Gasteiger partial charge >= 0.3 is 0 Å². The molecule has 8 nitrogen and oxygen atoms in total. The molecule has 0 spiro atoms. The summed E-state index contributed by atoms with van der Waals surface area (Å²) >= 11 is 0. The van der Waals surface area contributed by atoms with E-state index in [-0.39, 0.29) is 16.3 Å².